The summed E-state index contributed by atoms with van der Waals surface area (Å²) in [5, 5.41) is 0. The molecule has 2 rings (SSSR count). The molecule has 0 unspecified atom stereocenters. The van der Waals surface area contributed by atoms with Gasteiger partial charge in [-0.05, 0) is 45.5 Å². The summed E-state index contributed by atoms with van der Waals surface area (Å²) < 4.78 is 13.6. The minimum Gasteiger partial charge on any atom is -0.371 e. The van der Waals surface area contributed by atoms with Crippen molar-refractivity contribution in [1.29, 1.82) is 0 Å². The van der Waals surface area contributed by atoms with Gasteiger partial charge in [0.1, 0.15) is 5.82 Å². The zero-order valence-electron chi connectivity index (χ0n) is 9.93. The predicted molar refractivity (Wildman–Crippen MR) is 69.3 cm³/mol. The van der Waals surface area contributed by atoms with Gasteiger partial charge in [-0.15, -0.1) is 0 Å². The lowest BCUT2D eigenvalue weighted by molar-refractivity contribution is 0.195. The van der Waals surface area contributed by atoms with Crippen molar-refractivity contribution in [1.82, 2.24) is 0 Å². The van der Waals surface area contributed by atoms with Gasteiger partial charge in [0.2, 0.25) is 0 Å². The molecule has 1 fully saturated rings. The summed E-state index contributed by atoms with van der Waals surface area (Å²) in [6, 6.07) is 5.22. The van der Waals surface area contributed by atoms with Crippen LogP contribution in [0, 0.1) is 17.2 Å². The Kier molecular flexibility index (Phi) is 2.99. The highest BCUT2D eigenvalue weighted by Crippen LogP contribution is 2.37. The maximum atomic E-state index is 13.1. The summed E-state index contributed by atoms with van der Waals surface area (Å²) in [4.78, 5) is 2.29. The minimum absolute atomic E-state index is 0.198. The molecule has 1 aliphatic rings. The van der Waals surface area contributed by atoms with Gasteiger partial charge >= 0.3 is 0 Å². The standard InChI is InChI=1S/C13H17BrFN/c1-13(2,3)9-7-16(8-9)10-4-5-12(15)11(14)6-10/h4-6,9H,7-8H2,1-3H3. The third-order valence-electron chi connectivity index (χ3n) is 3.37. The molecule has 0 bridgehead atoms. The second kappa shape index (κ2) is 4.02. The number of benzene rings is 1. The minimum atomic E-state index is -0.198. The Labute approximate surface area is 105 Å². The first-order chi connectivity index (χ1) is 7.38. The fourth-order valence-corrected chi connectivity index (χ4v) is 2.29. The van der Waals surface area contributed by atoms with Gasteiger partial charge in [-0.3, -0.25) is 0 Å². The summed E-state index contributed by atoms with van der Waals surface area (Å²) in [5.41, 5.74) is 1.47. The highest BCUT2D eigenvalue weighted by Gasteiger charge is 2.35. The van der Waals surface area contributed by atoms with Crippen LogP contribution in [-0.4, -0.2) is 13.1 Å². The molecule has 0 N–H and O–H groups in total. The highest BCUT2D eigenvalue weighted by atomic mass is 79.9. The van der Waals surface area contributed by atoms with Crippen LogP contribution in [0.5, 0.6) is 0 Å². The van der Waals surface area contributed by atoms with Crippen molar-refractivity contribution in [3.8, 4) is 0 Å². The van der Waals surface area contributed by atoms with Crippen LogP contribution in [0.1, 0.15) is 20.8 Å². The quantitative estimate of drug-likeness (QED) is 0.752. The van der Waals surface area contributed by atoms with Crippen LogP contribution in [0.3, 0.4) is 0 Å². The number of nitrogens with zero attached hydrogens (tertiary/aromatic N) is 1. The van der Waals surface area contributed by atoms with E-state index in [-0.39, 0.29) is 5.82 Å². The first-order valence-corrected chi connectivity index (χ1v) is 6.37. The lowest BCUT2D eigenvalue weighted by Gasteiger charge is -2.47. The van der Waals surface area contributed by atoms with Crippen LogP contribution in [0.2, 0.25) is 0 Å². The molecule has 1 heterocycles. The number of hydrogen-bond acceptors (Lipinski definition) is 1. The van der Waals surface area contributed by atoms with Crippen molar-refractivity contribution in [3.63, 3.8) is 0 Å². The molecule has 1 aromatic rings. The number of halogens is 2. The molecule has 0 amide bonds. The normalized spacial score (nSPS) is 17.4. The lowest BCUT2D eigenvalue weighted by atomic mass is 9.76. The summed E-state index contributed by atoms with van der Waals surface area (Å²) in [6.07, 6.45) is 0. The van der Waals surface area contributed by atoms with E-state index in [0.717, 1.165) is 24.7 Å². The molecule has 1 saturated heterocycles. The zero-order chi connectivity index (χ0) is 11.9. The molecule has 88 valence electrons. The van der Waals surface area contributed by atoms with Crippen molar-refractivity contribution >= 4 is 21.6 Å². The first kappa shape index (κ1) is 11.9. The van der Waals surface area contributed by atoms with Crippen molar-refractivity contribution in [2.75, 3.05) is 18.0 Å². The van der Waals surface area contributed by atoms with Gasteiger partial charge in [0.15, 0.2) is 0 Å². The Morgan fingerprint density at radius 1 is 1.31 bits per heavy atom. The molecule has 0 spiro atoms. The molecule has 1 aromatic carbocycles. The van der Waals surface area contributed by atoms with E-state index in [1.165, 1.54) is 6.07 Å². The van der Waals surface area contributed by atoms with Crippen LogP contribution in [0.25, 0.3) is 0 Å². The smallest absolute Gasteiger partial charge is 0.137 e. The van der Waals surface area contributed by atoms with E-state index in [2.05, 4.69) is 41.6 Å². The Balaban J connectivity index is 2.04. The van der Waals surface area contributed by atoms with Gasteiger partial charge in [-0.1, -0.05) is 20.8 Å². The molecule has 0 aromatic heterocycles. The van der Waals surface area contributed by atoms with Gasteiger partial charge < -0.3 is 4.90 Å². The third-order valence-corrected chi connectivity index (χ3v) is 3.98. The summed E-state index contributed by atoms with van der Waals surface area (Å²) in [6.45, 7) is 8.96. The van der Waals surface area contributed by atoms with E-state index in [4.69, 9.17) is 0 Å². The van der Waals surface area contributed by atoms with E-state index >= 15 is 0 Å². The fraction of sp³-hybridized carbons (Fsp3) is 0.538. The average Bonchev–Trinajstić information content (AvgIpc) is 2.06. The number of rotatable bonds is 1. The van der Waals surface area contributed by atoms with Crippen LogP contribution in [0.15, 0.2) is 22.7 Å². The van der Waals surface area contributed by atoms with E-state index in [0.29, 0.717) is 9.89 Å². The van der Waals surface area contributed by atoms with Crippen molar-refractivity contribution in [3.05, 3.63) is 28.5 Å². The van der Waals surface area contributed by atoms with E-state index < -0.39 is 0 Å². The lowest BCUT2D eigenvalue weighted by Crippen LogP contribution is -2.52. The monoisotopic (exact) mass is 285 g/mol. The molecule has 1 nitrogen and oxygen atoms in total. The van der Waals surface area contributed by atoms with E-state index in [9.17, 15) is 4.39 Å². The van der Waals surface area contributed by atoms with Crippen LogP contribution >= 0.6 is 15.9 Å². The molecular formula is C13H17BrFN. The number of anilines is 1. The average molecular weight is 286 g/mol. The Hall–Kier alpha value is -0.570. The SMILES string of the molecule is CC(C)(C)C1CN(c2ccc(F)c(Br)c2)C1. The molecule has 3 heteroatoms. The molecule has 0 atom stereocenters. The van der Waals surface area contributed by atoms with Gasteiger partial charge in [-0.2, -0.15) is 0 Å². The summed E-state index contributed by atoms with van der Waals surface area (Å²) >= 11 is 3.22. The maximum Gasteiger partial charge on any atom is 0.137 e. The van der Waals surface area contributed by atoms with Crippen molar-refractivity contribution < 1.29 is 4.39 Å². The Morgan fingerprint density at radius 2 is 1.94 bits per heavy atom. The molecule has 1 aliphatic heterocycles. The van der Waals surface area contributed by atoms with Crippen LogP contribution in [-0.2, 0) is 0 Å². The third kappa shape index (κ3) is 2.24. The fourth-order valence-electron chi connectivity index (χ4n) is 1.92. The van der Waals surface area contributed by atoms with Gasteiger partial charge in [0.05, 0.1) is 4.47 Å². The largest absolute Gasteiger partial charge is 0.371 e. The summed E-state index contributed by atoms with van der Waals surface area (Å²) in [5.74, 6) is 0.535. The first-order valence-electron chi connectivity index (χ1n) is 5.58. The number of hydrogen-bond donors (Lipinski definition) is 0. The van der Waals surface area contributed by atoms with Gasteiger partial charge in [0, 0.05) is 18.8 Å². The molecule has 0 radical (unpaired) electrons. The van der Waals surface area contributed by atoms with Crippen molar-refractivity contribution in [2.24, 2.45) is 11.3 Å². The van der Waals surface area contributed by atoms with Gasteiger partial charge in [0.25, 0.3) is 0 Å². The van der Waals surface area contributed by atoms with Crippen molar-refractivity contribution in [2.45, 2.75) is 20.8 Å². The predicted octanol–water partition coefficient (Wildman–Crippen LogP) is 4.07. The van der Waals surface area contributed by atoms with Crippen LogP contribution in [0.4, 0.5) is 10.1 Å². The molecular weight excluding hydrogens is 269 g/mol. The second-order valence-electron chi connectivity index (χ2n) is 5.57. The Morgan fingerprint density at radius 3 is 2.44 bits per heavy atom. The highest BCUT2D eigenvalue weighted by molar-refractivity contribution is 9.10. The maximum absolute atomic E-state index is 13.1. The van der Waals surface area contributed by atoms with E-state index in [1.54, 1.807) is 0 Å². The molecule has 0 saturated carbocycles. The Bertz CT molecular complexity index is 391. The second-order valence-corrected chi connectivity index (χ2v) is 6.42. The topological polar surface area (TPSA) is 3.24 Å². The molecule has 0 aliphatic carbocycles. The summed E-state index contributed by atoms with van der Waals surface area (Å²) in [7, 11) is 0. The van der Waals surface area contributed by atoms with Crippen LogP contribution < -0.4 is 4.90 Å². The van der Waals surface area contributed by atoms with Gasteiger partial charge in [-0.25, -0.2) is 4.39 Å². The zero-order valence-corrected chi connectivity index (χ0v) is 11.5. The van der Waals surface area contributed by atoms with E-state index in [1.807, 2.05) is 12.1 Å². The molecule has 16 heavy (non-hydrogen) atoms.